The average Bonchev–Trinajstić information content (AvgIpc) is 1.82. The molecule has 0 bridgehead atoms. The smallest absolute Gasteiger partial charge is 0.341 e. The first kappa shape index (κ1) is 11.4. The van der Waals surface area contributed by atoms with E-state index in [1.807, 2.05) is 0 Å². The summed E-state index contributed by atoms with van der Waals surface area (Å²) in [5, 5.41) is 36.2. The quantitative estimate of drug-likeness (QED) is 0.442. The van der Waals surface area contributed by atoms with Crippen LogP contribution in [0, 0.1) is 0 Å². The molecule has 0 aromatic rings. The molecule has 4 N–H and O–H groups in total. The van der Waals surface area contributed by atoms with E-state index in [0.29, 0.717) is 0 Å². The molecule has 0 heterocycles. The van der Waals surface area contributed by atoms with Gasteiger partial charge in [0, 0.05) is 0 Å². The van der Waals surface area contributed by atoms with E-state index in [4.69, 9.17) is 10.2 Å². The minimum Gasteiger partial charge on any atom is -0.479 e. The van der Waals surface area contributed by atoms with Crippen molar-refractivity contribution in [2.75, 3.05) is 0 Å². The van der Waals surface area contributed by atoms with Gasteiger partial charge in [0.05, 0.1) is 6.10 Å². The van der Waals surface area contributed by atoms with Gasteiger partial charge in [-0.15, -0.1) is 0 Å². The maximum Gasteiger partial charge on any atom is 0.341 e. The fraction of sp³-hybridized carbons (Fsp3) is 0.857. The number of aliphatic hydroxyl groups excluding tert-OH is 1. The molecule has 5 nitrogen and oxygen atoms in total. The van der Waals surface area contributed by atoms with Gasteiger partial charge in [0.2, 0.25) is 5.60 Å². The second-order valence-corrected chi connectivity index (χ2v) is 3.31. The largest absolute Gasteiger partial charge is 0.479 e. The standard InChI is InChI=1S/C7H14O5/c1-4(8)7(12,5(9)10)6(2,3)11/h4,8,11-12H,1-3H3,(H,9,10)/t4-,7+/m0/s1. The molecule has 0 rings (SSSR count). The number of aliphatic carboxylic acids is 1. The Hall–Kier alpha value is -0.650. The molecule has 0 aliphatic rings. The third-order valence-electron chi connectivity index (χ3n) is 1.86. The predicted molar refractivity (Wildman–Crippen MR) is 40.6 cm³/mol. The van der Waals surface area contributed by atoms with Crippen LogP contribution in [0.1, 0.15) is 20.8 Å². The van der Waals surface area contributed by atoms with E-state index in [1.165, 1.54) is 0 Å². The number of carbonyl (C=O) groups is 1. The Labute approximate surface area is 70.3 Å². The minimum absolute atomic E-state index is 1.10. The highest BCUT2D eigenvalue weighted by atomic mass is 16.4. The van der Waals surface area contributed by atoms with E-state index in [0.717, 1.165) is 20.8 Å². The van der Waals surface area contributed by atoms with E-state index in [9.17, 15) is 15.0 Å². The highest BCUT2D eigenvalue weighted by Gasteiger charge is 2.53. The van der Waals surface area contributed by atoms with Gasteiger partial charge in [-0.3, -0.25) is 0 Å². The molecule has 0 radical (unpaired) electrons. The normalized spacial score (nSPS) is 19.8. The van der Waals surface area contributed by atoms with Gasteiger partial charge in [-0.05, 0) is 20.8 Å². The van der Waals surface area contributed by atoms with Crippen LogP contribution in [-0.2, 0) is 4.79 Å². The van der Waals surface area contributed by atoms with Gasteiger partial charge in [-0.1, -0.05) is 0 Å². The summed E-state index contributed by atoms with van der Waals surface area (Å²) >= 11 is 0. The lowest BCUT2D eigenvalue weighted by atomic mass is 9.82. The number of hydrogen-bond acceptors (Lipinski definition) is 4. The van der Waals surface area contributed by atoms with Gasteiger partial charge in [0.15, 0.2) is 0 Å². The lowest BCUT2D eigenvalue weighted by molar-refractivity contribution is -0.208. The molecule has 72 valence electrons. The zero-order valence-electron chi connectivity index (χ0n) is 7.27. The van der Waals surface area contributed by atoms with E-state index in [2.05, 4.69) is 0 Å². The topological polar surface area (TPSA) is 98.0 Å². The van der Waals surface area contributed by atoms with Crippen LogP contribution in [0.25, 0.3) is 0 Å². The zero-order valence-corrected chi connectivity index (χ0v) is 7.27. The molecule has 0 aromatic carbocycles. The molecule has 0 aliphatic carbocycles. The van der Waals surface area contributed by atoms with Gasteiger partial charge in [-0.2, -0.15) is 0 Å². The summed E-state index contributed by atoms with van der Waals surface area (Å²) in [6.07, 6.45) is -1.55. The van der Waals surface area contributed by atoms with Gasteiger partial charge < -0.3 is 20.4 Å². The average molecular weight is 178 g/mol. The molecule has 0 amide bonds. The fourth-order valence-electron chi connectivity index (χ4n) is 0.952. The predicted octanol–water partition coefficient (Wildman–Crippen LogP) is -1.05. The Morgan fingerprint density at radius 1 is 1.33 bits per heavy atom. The first-order valence-electron chi connectivity index (χ1n) is 3.50. The van der Waals surface area contributed by atoms with Crippen LogP contribution in [0.2, 0.25) is 0 Å². The van der Waals surface area contributed by atoms with Gasteiger partial charge in [0.25, 0.3) is 0 Å². The van der Waals surface area contributed by atoms with Crippen molar-refractivity contribution >= 4 is 5.97 Å². The Kier molecular flexibility index (Phi) is 2.84. The summed E-state index contributed by atoms with van der Waals surface area (Å²) in [6.45, 7) is 3.34. The summed E-state index contributed by atoms with van der Waals surface area (Å²) in [7, 11) is 0. The van der Waals surface area contributed by atoms with Crippen molar-refractivity contribution in [3.63, 3.8) is 0 Å². The Morgan fingerprint density at radius 2 is 1.67 bits per heavy atom. The molecular weight excluding hydrogens is 164 g/mol. The minimum atomic E-state index is -2.53. The van der Waals surface area contributed by atoms with Gasteiger partial charge in [0.1, 0.15) is 5.60 Å². The second kappa shape index (κ2) is 3.01. The Bertz CT molecular complexity index is 181. The summed E-state index contributed by atoms with van der Waals surface area (Å²) in [4.78, 5) is 10.5. The zero-order chi connectivity index (χ0) is 10.2. The number of hydrogen-bond donors (Lipinski definition) is 4. The fourth-order valence-corrected chi connectivity index (χ4v) is 0.952. The Balaban J connectivity index is 5.02. The van der Waals surface area contributed by atoms with E-state index < -0.39 is 23.3 Å². The molecule has 0 spiro atoms. The highest BCUT2D eigenvalue weighted by Crippen LogP contribution is 2.25. The molecule has 0 saturated heterocycles. The highest BCUT2D eigenvalue weighted by molar-refractivity contribution is 5.79. The van der Waals surface area contributed by atoms with E-state index in [1.54, 1.807) is 0 Å². The number of carboxylic acid groups (broad SMARTS) is 1. The van der Waals surface area contributed by atoms with Crippen LogP contribution in [-0.4, -0.2) is 43.7 Å². The van der Waals surface area contributed by atoms with Crippen molar-refractivity contribution in [2.24, 2.45) is 0 Å². The van der Waals surface area contributed by atoms with E-state index >= 15 is 0 Å². The Morgan fingerprint density at radius 3 is 1.67 bits per heavy atom. The van der Waals surface area contributed by atoms with Crippen molar-refractivity contribution < 1.29 is 25.2 Å². The second-order valence-electron chi connectivity index (χ2n) is 3.31. The first-order chi connectivity index (χ1) is 5.14. The van der Waals surface area contributed by atoms with Crippen molar-refractivity contribution in [1.29, 1.82) is 0 Å². The summed E-state index contributed by atoms with van der Waals surface area (Å²) in [5.74, 6) is -1.65. The van der Waals surface area contributed by atoms with Crippen LogP contribution >= 0.6 is 0 Å². The summed E-state index contributed by atoms with van der Waals surface area (Å²) < 4.78 is 0. The number of rotatable bonds is 3. The lowest BCUT2D eigenvalue weighted by Gasteiger charge is -2.36. The molecule has 12 heavy (non-hydrogen) atoms. The van der Waals surface area contributed by atoms with Gasteiger partial charge >= 0.3 is 5.97 Å². The SMILES string of the molecule is C[C@H](O)[C@@](O)(C(=O)O)C(C)(C)O. The molecular formula is C7H14O5. The molecule has 0 fully saturated rings. The van der Waals surface area contributed by atoms with Crippen LogP contribution in [0.4, 0.5) is 0 Å². The maximum atomic E-state index is 10.5. The third kappa shape index (κ3) is 1.57. The summed E-state index contributed by atoms with van der Waals surface area (Å²) in [5.41, 5.74) is -4.43. The van der Waals surface area contributed by atoms with E-state index in [-0.39, 0.29) is 0 Å². The molecule has 0 aromatic heterocycles. The van der Waals surface area contributed by atoms with Crippen LogP contribution in [0.15, 0.2) is 0 Å². The molecule has 2 atom stereocenters. The number of aliphatic hydroxyl groups is 3. The molecule has 0 aliphatic heterocycles. The molecule has 0 saturated carbocycles. The maximum absolute atomic E-state index is 10.5. The van der Waals surface area contributed by atoms with Crippen molar-refractivity contribution in [1.82, 2.24) is 0 Å². The number of carboxylic acids is 1. The van der Waals surface area contributed by atoms with Crippen LogP contribution in [0.3, 0.4) is 0 Å². The van der Waals surface area contributed by atoms with Crippen molar-refractivity contribution in [3.8, 4) is 0 Å². The lowest BCUT2D eigenvalue weighted by Crippen LogP contribution is -2.62. The van der Waals surface area contributed by atoms with Crippen molar-refractivity contribution in [3.05, 3.63) is 0 Å². The third-order valence-corrected chi connectivity index (χ3v) is 1.86. The first-order valence-corrected chi connectivity index (χ1v) is 3.50. The summed E-state index contributed by atoms with van der Waals surface area (Å²) in [6, 6.07) is 0. The van der Waals surface area contributed by atoms with Crippen molar-refractivity contribution in [2.45, 2.75) is 38.1 Å². The molecule has 0 unspecified atom stereocenters. The van der Waals surface area contributed by atoms with Gasteiger partial charge in [-0.25, -0.2) is 4.79 Å². The molecule has 5 heteroatoms. The van der Waals surface area contributed by atoms with Crippen LogP contribution < -0.4 is 0 Å². The van der Waals surface area contributed by atoms with Crippen LogP contribution in [0.5, 0.6) is 0 Å². The monoisotopic (exact) mass is 178 g/mol.